The van der Waals surface area contributed by atoms with Crippen molar-refractivity contribution in [3.05, 3.63) is 54.6 Å². The number of nitrogens with one attached hydrogen (secondary N) is 1. The largest absolute Gasteiger partial charge is 0.489 e. The van der Waals surface area contributed by atoms with Gasteiger partial charge < -0.3 is 10.1 Å². The highest BCUT2D eigenvalue weighted by Crippen LogP contribution is 2.25. The molecule has 0 bridgehead atoms. The van der Waals surface area contributed by atoms with E-state index in [-0.39, 0.29) is 0 Å². The molecule has 0 heterocycles. The van der Waals surface area contributed by atoms with E-state index < -0.39 is 0 Å². The molecule has 0 amide bonds. The first-order valence-electron chi connectivity index (χ1n) is 5.73. The normalized spacial score (nSPS) is 10.4. The van der Waals surface area contributed by atoms with Gasteiger partial charge in [-0.15, -0.1) is 0 Å². The van der Waals surface area contributed by atoms with E-state index in [9.17, 15) is 0 Å². The Morgan fingerprint density at radius 3 is 2.76 bits per heavy atom. The minimum atomic E-state index is 0.550. The smallest absolute Gasteiger partial charge is 0.127 e. The number of rotatable bonds is 5. The molecule has 0 unspecified atom stereocenters. The number of benzene rings is 2. The van der Waals surface area contributed by atoms with Gasteiger partial charge in [-0.25, -0.2) is 0 Å². The zero-order valence-corrected chi connectivity index (χ0v) is 10.1. The van der Waals surface area contributed by atoms with Crippen LogP contribution in [0.25, 0.3) is 10.8 Å². The van der Waals surface area contributed by atoms with Gasteiger partial charge in [-0.3, -0.25) is 0 Å². The van der Waals surface area contributed by atoms with Crippen LogP contribution in [-0.4, -0.2) is 20.2 Å². The molecule has 2 aromatic rings. The Hall–Kier alpha value is -1.80. The molecule has 1 N–H and O–H groups in total. The highest BCUT2D eigenvalue weighted by molar-refractivity contribution is 5.88. The highest BCUT2D eigenvalue weighted by atomic mass is 16.5. The van der Waals surface area contributed by atoms with Crippen LogP contribution >= 0.6 is 0 Å². The lowest BCUT2D eigenvalue weighted by Crippen LogP contribution is -2.14. The third-order valence-electron chi connectivity index (χ3n) is 2.61. The van der Waals surface area contributed by atoms with Crippen LogP contribution in [0.2, 0.25) is 0 Å². The average molecular weight is 227 g/mol. The molecule has 0 aromatic heterocycles. The molecule has 0 aliphatic heterocycles. The summed E-state index contributed by atoms with van der Waals surface area (Å²) in [5, 5.41) is 5.41. The molecule has 2 heteroatoms. The first kappa shape index (κ1) is 11.7. The van der Waals surface area contributed by atoms with Crippen molar-refractivity contribution in [1.29, 1.82) is 0 Å². The molecule has 0 saturated heterocycles. The van der Waals surface area contributed by atoms with Gasteiger partial charge in [0.1, 0.15) is 12.4 Å². The number of ether oxygens (including phenoxy) is 1. The van der Waals surface area contributed by atoms with Crippen LogP contribution in [0.3, 0.4) is 0 Å². The summed E-state index contributed by atoms with van der Waals surface area (Å²) in [7, 11) is 1.91. The number of hydrogen-bond donors (Lipinski definition) is 1. The Morgan fingerprint density at radius 1 is 1.18 bits per heavy atom. The molecule has 0 atom stereocenters. The van der Waals surface area contributed by atoms with Gasteiger partial charge in [-0.1, -0.05) is 43.0 Å². The predicted molar refractivity (Wildman–Crippen MR) is 72.5 cm³/mol. The monoisotopic (exact) mass is 227 g/mol. The molecule has 88 valence electrons. The zero-order valence-electron chi connectivity index (χ0n) is 10.1. The van der Waals surface area contributed by atoms with E-state index in [1.165, 1.54) is 5.39 Å². The minimum Gasteiger partial charge on any atom is -0.489 e. The molecule has 17 heavy (non-hydrogen) atoms. The van der Waals surface area contributed by atoms with Crippen molar-refractivity contribution >= 4 is 10.8 Å². The quantitative estimate of drug-likeness (QED) is 0.793. The molecule has 0 radical (unpaired) electrons. The lowest BCUT2D eigenvalue weighted by Gasteiger charge is -2.10. The van der Waals surface area contributed by atoms with Crippen LogP contribution in [0.5, 0.6) is 5.75 Å². The first-order valence-corrected chi connectivity index (χ1v) is 5.73. The average Bonchev–Trinajstić information content (AvgIpc) is 2.36. The third-order valence-corrected chi connectivity index (χ3v) is 2.61. The molecule has 2 aromatic carbocycles. The van der Waals surface area contributed by atoms with Gasteiger partial charge in [0, 0.05) is 11.9 Å². The van der Waals surface area contributed by atoms with Gasteiger partial charge >= 0.3 is 0 Å². The van der Waals surface area contributed by atoms with E-state index in [2.05, 4.69) is 30.1 Å². The van der Waals surface area contributed by atoms with Gasteiger partial charge in [0.2, 0.25) is 0 Å². The second kappa shape index (κ2) is 5.51. The molecule has 0 spiro atoms. The summed E-state index contributed by atoms with van der Waals surface area (Å²) in [6, 6.07) is 14.3. The minimum absolute atomic E-state index is 0.550. The number of fused-ring (bicyclic) bond motifs is 1. The molecule has 0 saturated carbocycles. The second-order valence-electron chi connectivity index (χ2n) is 4.05. The fourth-order valence-corrected chi connectivity index (χ4v) is 1.80. The summed E-state index contributed by atoms with van der Waals surface area (Å²) in [5.74, 6) is 0.917. The van der Waals surface area contributed by atoms with E-state index >= 15 is 0 Å². The molecular weight excluding hydrogens is 210 g/mol. The van der Waals surface area contributed by atoms with E-state index in [4.69, 9.17) is 4.74 Å². The maximum Gasteiger partial charge on any atom is 0.127 e. The summed E-state index contributed by atoms with van der Waals surface area (Å²) in [6.45, 7) is 5.29. The van der Waals surface area contributed by atoms with Crippen LogP contribution in [0.4, 0.5) is 0 Å². The summed E-state index contributed by atoms with van der Waals surface area (Å²) >= 11 is 0. The van der Waals surface area contributed by atoms with Crippen molar-refractivity contribution in [3.8, 4) is 5.75 Å². The maximum atomic E-state index is 5.79. The van der Waals surface area contributed by atoms with Crippen LogP contribution < -0.4 is 10.1 Å². The van der Waals surface area contributed by atoms with Crippen molar-refractivity contribution in [2.75, 3.05) is 20.2 Å². The van der Waals surface area contributed by atoms with Crippen molar-refractivity contribution in [2.24, 2.45) is 0 Å². The summed E-state index contributed by atoms with van der Waals surface area (Å²) in [4.78, 5) is 0. The van der Waals surface area contributed by atoms with E-state index in [1.54, 1.807) is 0 Å². The third kappa shape index (κ3) is 2.86. The molecular formula is C15H17NO. The van der Waals surface area contributed by atoms with Gasteiger partial charge in [0.25, 0.3) is 0 Å². The number of likely N-dealkylation sites (N-methyl/N-ethyl adjacent to an activating group) is 1. The number of hydrogen-bond acceptors (Lipinski definition) is 2. The molecule has 2 rings (SSSR count). The topological polar surface area (TPSA) is 21.3 Å². The predicted octanol–water partition coefficient (Wildman–Crippen LogP) is 2.99. The van der Waals surface area contributed by atoms with Crippen LogP contribution in [0, 0.1) is 0 Å². The maximum absolute atomic E-state index is 5.79. The fourth-order valence-electron chi connectivity index (χ4n) is 1.80. The van der Waals surface area contributed by atoms with Gasteiger partial charge in [0.05, 0.1) is 0 Å². The van der Waals surface area contributed by atoms with E-state index in [0.717, 1.165) is 23.3 Å². The Balaban J connectivity index is 2.16. The Kier molecular flexibility index (Phi) is 3.78. The Bertz CT molecular complexity index is 514. The summed E-state index contributed by atoms with van der Waals surface area (Å²) in [6.07, 6.45) is 0. The second-order valence-corrected chi connectivity index (χ2v) is 4.05. The van der Waals surface area contributed by atoms with Crippen LogP contribution in [0.1, 0.15) is 0 Å². The van der Waals surface area contributed by atoms with E-state index in [1.807, 2.05) is 31.3 Å². The van der Waals surface area contributed by atoms with Crippen molar-refractivity contribution in [2.45, 2.75) is 0 Å². The Labute approximate surface area is 102 Å². The van der Waals surface area contributed by atoms with Crippen molar-refractivity contribution < 1.29 is 4.74 Å². The lowest BCUT2D eigenvalue weighted by molar-refractivity contribution is 0.353. The molecule has 0 aliphatic rings. The van der Waals surface area contributed by atoms with Gasteiger partial charge in [-0.05, 0) is 24.1 Å². The van der Waals surface area contributed by atoms with Crippen molar-refractivity contribution in [1.82, 2.24) is 5.32 Å². The Morgan fingerprint density at radius 2 is 1.94 bits per heavy atom. The van der Waals surface area contributed by atoms with E-state index in [0.29, 0.717) is 6.61 Å². The van der Waals surface area contributed by atoms with Gasteiger partial charge in [-0.2, -0.15) is 0 Å². The SMILES string of the molecule is C=C(CNC)COc1cccc2ccccc12. The first-order chi connectivity index (χ1) is 8.31. The molecule has 0 fully saturated rings. The van der Waals surface area contributed by atoms with Crippen molar-refractivity contribution in [3.63, 3.8) is 0 Å². The zero-order chi connectivity index (χ0) is 12.1. The molecule has 2 nitrogen and oxygen atoms in total. The van der Waals surface area contributed by atoms with Crippen LogP contribution in [0.15, 0.2) is 54.6 Å². The van der Waals surface area contributed by atoms with Crippen LogP contribution in [-0.2, 0) is 0 Å². The summed E-state index contributed by atoms with van der Waals surface area (Å²) < 4.78 is 5.79. The highest BCUT2D eigenvalue weighted by Gasteiger charge is 2.01. The fraction of sp³-hybridized carbons (Fsp3) is 0.200. The van der Waals surface area contributed by atoms with Gasteiger partial charge in [0.15, 0.2) is 0 Å². The summed E-state index contributed by atoms with van der Waals surface area (Å²) in [5.41, 5.74) is 1.04. The molecule has 0 aliphatic carbocycles. The standard InChI is InChI=1S/C15H17NO/c1-12(10-16-2)11-17-15-9-5-7-13-6-3-4-8-14(13)15/h3-9,16H,1,10-11H2,2H3. The lowest BCUT2D eigenvalue weighted by atomic mass is 10.1.